The van der Waals surface area contributed by atoms with Crippen LogP contribution in [0.3, 0.4) is 0 Å². The summed E-state index contributed by atoms with van der Waals surface area (Å²) in [6.45, 7) is 1.97. The fourth-order valence-electron chi connectivity index (χ4n) is 1.31. The molecule has 0 radical (unpaired) electrons. The third kappa shape index (κ3) is 2.43. The highest BCUT2D eigenvalue weighted by Gasteiger charge is 2.04. The maximum absolute atomic E-state index is 5.67. The van der Waals surface area contributed by atoms with Crippen LogP contribution in [-0.4, -0.2) is 10.4 Å². The molecule has 15 heavy (non-hydrogen) atoms. The molecule has 1 atom stereocenters. The minimum atomic E-state index is 0.142. The number of nitrogens with two attached hydrogens (primary N) is 2. The highest BCUT2D eigenvalue weighted by Crippen LogP contribution is 2.21. The Labute approximate surface area is 92.0 Å². The van der Waals surface area contributed by atoms with Crippen LogP contribution in [0.5, 0.6) is 0 Å². The van der Waals surface area contributed by atoms with Crippen molar-refractivity contribution in [1.29, 1.82) is 0 Å². The lowest BCUT2D eigenvalue weighted by molar-refractivity contribution is 0.626. The van der Waals surface area contributed by atoms with Crippen LogP contribution in [0.25, 0.3) is 11.1 Å². The van der Waals surface area contributed by atoms with Crippen molar-refractivity contribution in [3.63, 3.8) is 0 Å². The van der Waals surface area contributed by atoms with Crippen molar-refractivity contribution in [3.05, 3.63) is 23.8 Å². The first-order valence-corrected chi connectivity index (χ1v) is 5.72. The van der Waals surface area contributed by atoms with E-state index in [-0.39, 0.29) is 11.4 Å². The third-order valence-electron chi connectivity index (χ3n) is 1.98. The summed E-state index contributed by atoms with van der Waals surface area (Å²) in [5, 5.41) is 0.142. The van der Waals surface area contributed by atoms with Crippen molar-refractivity contribution in [3.8, 4) is 0 Å². The molecule has 2 aromatic rings. The van der Waals surface area contributed by atoms with Gasteiger partial charge in [-0.25, -0.2) is 0 Å². The summed E-state index contributed by atoms with van der Waals surface area (Å²) in [4.78, 5) is 4.07. The quantitative estimate of drug-likeness (QED) is 0.777. The van der Waals surface area contributed by atoms with Gasteiger partial charge in [-0.1, -0.05) is 6.07 Å². The lowest BCUT2D eigenvalue weighted by Crippen LogP contribution is -2.09. The summed E-state index contributed by atoms with van der Waals surface area (Å²) in [7, 11) is 0. The first-order chi connectivity index (χ1) is 7.15. The molecular weight excluding hydrogens is 210 g/mol. The number of fused-ring (bicyclic) bond motifs is 1. The van der Waals surface area contributed by atoms with Crippen molar-refractivity contribution >= 4 is 28.9 Å². The molecule has 1 aromatic heterocycles. The standard InChI is InChI=1S/C10H13N3OS/c1-6(11)15-5-7-2-3-9-8(4-7)13-10(12)14-9/h2-4,6H,5,11H2,1H3,(H2,12,13). The van der Waals surface area contributed by atoms with Crippen molar-refractivity contribution in [1.82, 2.24) is 4.98 Å². The van der Waals surface area contributed by atoms with Gasteiger partial charge in [0.15, 0.2) is 5.58 Å². The van der Waals surface area contributed by atoms with E-state index < -0.39 is 0 Å². The van der Waals surface area contributed by atoms with Gasteiger partial charge in [0.2, 0.25) is 0 Å². The first-order valence-electron chi connectivity index (χ1n) is 4.67. The normalized spacial score (nSPS) is 13.2. The molecule has 5 heteroatoms. The minimum absolute atomic E-state index is 0.142. The molecule has 2 rings (SSSR count). The van der Waals surface area contributed by atoms with Gasteiger partial charge in [-0.3, -0.25) is 0 Å². The molecule has 0 bridgehead atoms. The van der Waals surface area contributed by atoms with Crippen LogP contribution in [0.15, 0.2) is 22.6 Å². The van der Waals surface area contributed by atoms with Crippen molar-refractivity contribution in [2.75, 3.05) is 5.73 Å². The Bertz CT molecular complexity index is 467. The van der Waals surface area contributed by atoms with E-state index in [4.69, 9.17) is 15.9 Å². The summed E-state index contributed by atoms with van der Waals surface area (Å²) >= 11 is 1.69. The molecule has 0 saturated carbocycles. The smallest absolute Gasteiger partial charge is 0.292 e. The molecule has 0 aliphatic rings. The first kappa shape index (κ1) is 10.3. The highest BCUT2D eigenvalue weighted by molar-refractivity contribution is 7.99. The topological polar surface area (TPSA) is 78.1 Å². The minimum Gasteiger partial charge on any atom is -0.424 e. The molecule has 4 N–H and O–H groups in total. The Morgan fingerprint density at radius 2 is 2.33 bits per heavy atom. The summed E-state index contributed by atoms with van der Waals surface area (Å²) in [6.07, 6.45) is 0. The molecular formula is C10H13N3OS. The van der Waals surface area contributed by atoms with Gasteiger partial charge in [0.25, 0.3) is 6.01 Å². The predicted octanol–water partition coefficient (Wildman–Crippen LogP) is 1.95. The van der Waals surface area contributed by atoms with E-state index in [9.17, 15) is 0 Å². The fraction of sp³-hybridized carbons (Fsp3) is 0.300. The van der Waals surface area contributed by atoms with Gasteiger partial charge in [0.1, 0.15) is 5.52 Å². The summed E-state index contributed by atoms with van der Waals surface area (Å²) in [5.41, 5.74) is 13.8. The van der Waals surface area contributed by atoms with Gasteiger partial charge in [0, 0.05) is 11.1 Å². The number of anilines is 1. The van der Waals surface area contributed by atoms with E-state index in [1.54, 1.807) is 11.8 Å². The van der Waals surface area contributed by atoms with Crippen molar-refractivity contribution < 1.29 is 4.42 Å². The molecule has 0 spiro atoms. The van der Waals surface area contributed by atoms with Gasteiger partial charge in [-0.2, -0.15) is 4.98 Å². The van der Waals surface area contributed by atoms with E-state index in [1.807, 2.05) is 25.1 Å². The molecule has 1 heterocycles. The van der Waals surface area contributed by atoms with E-state index >= 15 is 0 Å². The van der Waals surface area contributed by atoms with Gasteiger partial charge in [0.05, 0.1) is 0 Å². The number of aromatic nitrogens is 1. The Morgan fingerprint density at radius 3 is 3.07 bits per heavy atom. The average Bonchev–Trinajstić information content (AvgIpc) is 2.53. The fourth-order valence-corrected chi connectivity index (χ4v) is 1.94. The van der Waals surface area contributed by atoms with E-state index in [0.717, 1.165) is 16.9 Å². The van der Waals surface area contributed by atoms with Crippen LogP contribution in [0.2, 0.25) is 0 Å². The number of benzene rings is 1. The number of nitrogen functional groups attached to an aromatic ring is 1. The zero-order valence-corrected chi connectivity index (χ0v) is 9.25. The molecule has 1 aromatic carbocycles. The van der Waals surface area contributed by atoms with Crippen LogP contribution in [0.4, 0.5) is 6.01 Å². The van der Waals surface area contributed by atoms with Gasteiger partial charge in [-0.05, 0) is 24.6 Å². The van der Waals surface area contributed by atoms with E-state index in [2.05, 4.69) is 4.98 Å². The van der Waals surface area contributed by atoms with Crippen molar-refractivity contribution in [2.45, 2.75) is 18.1 Å². The third-order valence-corrected chi connectivity index (χ3v) is 3.01. The number of thioether (sulfide) groups is 1. The maximum Gasteiger partial charge on any atom is 0.292 e. The lowest BCUT2D eigenvalue weighted by Gasteiger charge is -2.04. The van der Waals surface area contributed by atoms with Crippen LogP contribution in [0, 0.1) is 0 Å². The SMILES string of the molecule is CC(N)SCc1ccc2oc(N)nc2c1. The number of hydrogen-bond donors (Lipinski definition) is 2. The zero-order chi connectivity index (χ0) is 10.8. The molecule has 0 fully saturated rings. The summed E-state index contributed by atoms with van der Waals surface area (Å²) < 4.78 is 5.18. The van der Waals surface area contributed by atoms with Gasteiger partial charge >= 0.3 is 0 Å². The Hall–Kier alpha value is -1.20. The Kier molecular flexibility index (Phi) is 2.83. The molecule has 0 aliphatic carbocycles. The molecule has 0 aliphatic heterocycles. The predicted molar refractivity (Wildman–Crippen MR) is 63.4 cm³/mol. The summed E-state index contributed by atoms with van der Waals surface area (Å²) in [5.74, 6) is 0.875. The molecule has 1 unspecified atom stereocenters. The van der Waals surface area contributed by atoms with E-state index in [0.29, 0.717) is 0 Å². The Balaban J connectivity index is 2.22. The van der Waals surface area contributed by atoms with Crippen molar-refractivity contribution in [2.24, 2.45) is 5.73 Å². The lowest BCUT2D eigenvalue weighted by atomic mass is 10.2. The largest absolute Gasteiger partial charge is 0.424 e. The van der Waals surface area contributed by atoms with Crippen LogP contribution >= 0.6 is 11.8 Å². The summed E-state index contributed by atoms with van der Waals surface area (Å²) in [6, 6.07) is 6.07. The molecule has 0 amide bonds. The van der Waals surface area contributed by atoms with Crippen LogP contribution < -0.4 is 11.5 Å². The number of oxazole rings is 1. The molecule has 80 valence electrons. The van der Waals surface area contributed by atoms with Gasteiger partial charge < -0.3 is 15.9 Å². The second kappa shape index (κ2) is 4.12. The maximum atomic E-state index is 5.67. The monoisotopic (exact) mass is 223 g/mol. The average molecular weight is 223 g/mol. The van der Waals surface area contributed by atoms with E-state index in [1.165, 1.54) is 5.56 Å². The van der Waals surface area contributed by atoms with Crippen LogP contribution in [0.1, 0.15) is 12.5 Å². The number of rotatable bonds is 3. The molecule has 0 saturated heterocycles. The second-order valence-corrected chi connectivity index (χ2v) is 4.74. The van der Waals surface area contributed by atoms with Gasteiger partial charge in [-0.15, -0.1) is 11.8 Å². The van der Waals surface area contributed by atoms with Crippen LogP contribution in [-0.2, 0) is 5.75 Å². The second-order valence-electron chi connectivity index (χ2n) is 3.37. The Morgan fingerprint density at radius 1 is 1.53 bits per heavy atom. The zero-order valence-electron chi connectivity index (χ0n) is 8.43. The molecule has 4 nitrogen and oxygen atoms in total. The number of nitrogens with zero attached hydrogens (tertiary/aromatic N) is 1. The highest BCUT2D eigenvalue weighted by atomic mass is 32.2. The number of hydrogen-bond acceptors (Lipinski definition) is 5.